The van der Waals surface area contributed by atoms with Crippen molar-refractivity contribution in [2.75, 3.05) is 31.2 Å². The fraction of sp³-hybridized carbons (Fsp3) is 0.625. The lowest BCUT2D eigenvalue weighted by Crippen LogP contribution is -2.36. The highest BCUT2D eigenvalue weighted by atomic mass is 16.5. The van der Waals surface area contributed by atoms with Crippen LogP contribution >= 0.6 is 0 Å². The Morgan fingerprint density at radius 1 is 1.40 bits per heavy atom. The molecule has 0 radical (unpaired) electrons. The maximum atomic E-state index is 5.93. The third-order valence-electron chi connectivity index (χ3n) is 3.82. The molecule has 4 nitrogen and oxygen atoms in total. The fourth-order valence-electron chi connectivity index (χ4n) is 2.28. The van der Waals surface area contributed by atoms with Crippen molar-refractivity contribution in [2.45, 2.75) is 45.2 Å². The Balaban J connectivity index is 1.89. The lowest BCUT2D eigenvalue weighted by Gasteiger charge is -2.25. The number of anilines is 2. The summed E-state index contributed by atoms with van der Waals surface area (Å²) in [6.07, 6.45) is 3.68. The number of hydrogen-bond donors (Lipinski definition) is 2. The van der Waals surface area contributed by atoms with E-state index in [1.165, 1.54) is 12.8 Å². The van der Waals surface area contributed by atoms with Gasteiger partial charge in [-0.3, -0.25) is 4.90 Å². The van der Waals surface area contributed by atoms with E-state index in [2.05, 4.69) is 31.1 Å². The van der Waals surface area contributed by atoms with Crippen LogP contribution in [-0.4, -0.2) is 37.2 Å². The van der Waals surface area contributed by atoms with Gasteiger partial charge in [-0.25, -0.2) is 0 Å². The molecule has 20 heavy (non-hydrogen) atoms. The number of benzene rings is 1. The standard InChI is InChI=1S/C16H27N3O/c1-4-7-20-16-9-13(17)8-14(10-16)18-11-12(2)19(3)15-5-6-15/h8-10,12,15,18H,4-7,11,17H2,1-3H3. The number of likely N-dealkylation sites (N-methyl/N-ethyl adjacent to an activating group) is 1. The molecule has 1 fully saturated rings. The van der Waals surface area contributed by atoms with Gasteiger partial charge in [-0.2, -0.15) is 0 Å². The van der Waals surface area contributed by atoms with E-state index in [4.69, 9.17) is 10.5 Å². The van der Waals surface area contributed by atoms with Gasteiger partial charge in [0.1, 0.15) is 5.75 Å². The smallest absolute Gasteiger partial charge is 0.123 e. The van der Waals surface area contributed by atoms with Crippen molar-refractivity contribution < 1.29 is 4.74 Å². The van der Waals surface area contributed by atoms with Crippen molar-refractivity contribution in [3.8, 4) is 5.75 Å². The summed E-state index contributed by atoms with van der Waals surface area (Å²) >= 11 is 0. The summed E-state index contributed by atoms with van der Waals surface area (Å²) in [7, 11) is 2.21. The highest BCUT2D eigenvalue weighted by Crippen LogP contribution is 2.27. The molecule has 1 aliphatic rings. The second-order valence-electron chi connectivity index (χ2n) is 5.77. The van der Waals surface area contributed by atoms with E-state index in [0.29, 0.717) is 6.04 Å². The molecule has 0 aliphatic heterocycles. The molecule has 1 aromatic carbocycles. The number of hydrogen-bond acceptors (Lipinski definition) is 4. The SMILES string of the molecule is CCCOc1cc(N)cc(NCC(C)N(C)C2CC2)c1. The van der Waals surface area contributed by atoms with E-state index in [0.717, 1.165) is 42.7 Å². The van der Waals surface area contributed by atoms with Crippen LogP contribution in [-0.2, 0) is 0 Å². The monoisotopic (exact) mass is 277 g/mol. The van der Waals surface area contributed by atoms with Gasteiger partial charge in [0.15, 0.2) is 0 Å². The lowest BCUT2D eigenvalue weighted by atomic mass is 10.2. The largest absolute Gasteiger partial charge is 0.493 e. The first-order valence-electron chi connectivity index (χ1n) is 7.59. The highest BCUT2D eigenvalue weighted by molar-refractivity contribution is 5.59. The van der Waals surface area contributed by atoms with Crippen LogP contribution in [0.3, 0.4) is 0 Å². The second kappa shape index (κ2) is 6.84. The summed E-state index contributed by atoms with van der Waals surface area (Å²) < 4.78 is 5.65. The summed E-state index contributed by atoms with van der Waals surface area (Å²) in [6.45, 7) is 6.00. The molecule has 0 aromatic heterocycles. The van der Waals surface area contributed by atoms with E-state index in [1.54, 1.807) is 0 Å². The fourth-order valence-corrected chi connectivity index (χ4v) is 2.28. The molecule has 3 N–H and O–H groups in total. The van der Waals surface area contributed by atoms with E-state index in [9.17, 15) is 0 Å². The van der Waals surface area contributed by atoms with Gasteiger partial charge in [0.2, 0.25) is 0 Å². The number of nitrogens with zero attached hydrogens (tertiary/aromatic N) is 1. The first-order chi connectivity index (χ1) is 9.60. The molecule has 1 aliphatic carbocycles. The zero-order valence-electron chi connectivity index (χ0n) is 12.9. The molecule has 1 unspecified atom stereocenters. The molecule has 0 bridgehead atoms. The maximum Gasteiger partial charge on any atom is 0.123 e. The molecule has 0 amide bonds. The van der Waals surface area contributed by atoms with Gasteiger partial charge in [-0.05, 0) is 39.3 Å². The zero-order chi connectivity index (χ0) is 14.5. The predicted octanol–water partition coefficient (Wildman–Crippen LogP) is 2.95. The van der Waals surface area contributed by atoms with Crippen molar-refractivity contribution in [3.05, 3.63) is 18.2 Å². The molecule has 0 heterocycles. The normalized spacial score (nSPS) is 16.2. The summed E-state index contributed by atoms with van der Waals surface area (Å²) in [5.41, 5.74) is 7.70. The second-order valence-corrected chi connectivity index (χ2v) is 5.77. The molecular formula is C16H27N3O. The summed E-state index contributed by atoms with van der Waals surface area (Å²) in [4.78, 5) is 2.45. The topological polar surface area (TPSA) is 50.5 Å². The van der Waals surface area contributed by atoms with Gasteiger partial charge in [0.05, 0.1) is 6.61 Å². The predicted molar refractivity (Wildman–Crippen MR) is 85.4 cm³/mol. The van der Waals surface area contributed by atoms with Gasteiger partial charge in [0, 0.05) is 42.1 Å². The minimum Gasteiger partial charge on any atom is -0.493 e. The lowest BCUT2D eigenvalue weighted by molar-refractivity contribution is 0.257. The Morgan fingerprint density at radius 3 is 2.80 bits per heavy atom. The van der Waals surface area contributed by atoms with Gasteiger partial charge in [-0.15, -0.1) is 0 Å². The van der Waals surface area contributed by atoms with Crippen molar-refractivity contribution in [1.29, 1.82) is 0 Å². The third kappa shape index (κ3) is 4.30. The third-order valence-corrected chi connectivity index (χ3v) is 3.82. The molecule has 112 valence electrons. The minimum absolute atomic E-state index is 0.518. The van der Waals surface area contributed by atoms with E-state index in [1.807, 2.05) is 18.2 Å². The molecule has 1 saturated carbocycles. The van der Waals surface area contributed by atoms with Gasteiger partial charge in [0.25, 0.3) is 0 Å². The van der Waals surface area contributed by atoms with Crippen LogP contribution < -0.4 is 15.8 Å². The van der Waals surface area contributed by atoms with Gasteiger partial charge in [-0.1, -0.05) is 6.92 Å². The van der Waals surface area contributed by atoms with Crippen LogP contribution in [0.1, 0.15) is 33.1 Å². The number of rotatable bonds is 8. The van der Waals surface area contributed by atoms with Crippen LogP contribution in [0.2, 0.25) is 0 Å². The van der Waals surface area contributed by atoms with Crippen molar-refractivity contribution in [2.24, 2.45) is 0 Å². The molecule has 0 saturated heterocycles. The van der Waals surface area contributed by atoms with Crippen LogP contribution in [0, 0.1) is 0 Å². The summed E-state index contributed by atoms with van der Waals surface area (Å²) in [5.74, 6) is 0.845. The van der Waals surface area contributed by atoms with E-state index >= 15 is 0 Å². The average Bonchev–Trinajstić information content (AvgIpc) is 3.25. The summed E-state index contributed by atoms with van der Waals surface area (Å²) in [5, 5.41) is 3.46. The Kier molecular flexibility index (Phi) is 5.12. The highest BCUT2D eigenvalue weighted by Gasteiger charge is 2.28. The molecule has 2 rings (SSSR count). The summed E-state index contributed by atoms with van der Waals surface area (Å²) in [6, 6.07) is 7.17. The Hall–Kier alpha value is -1.42. The van der Waals surface area contributed by atoms with Crippen molar-refractivity contribution >= 4 is 11.4 Å². The van der Waals surface area contributed by atoms with Crippen LogP contribution in [0.4, 0.5) is 11.4 Å². The minimum atomic E-state index is 0.518. The van der Waals surface area contributed by atoms with Crippen LogP contribution in [0.15, 0.2) is 18.2 Å². The molecule has 1 aromatic rings. The Bertz CT molecular complexity index is 432. The van der Waals surface area contributed by atoms with Crippen LogP contribution in [0.5, 0.6) is 5.75 Å². The van der Waals surface area contributed by atoms with E-state index in [-0.39, 0.29) is 0 Å². The molecular weight excluding hydrogens is 250 g/mol. The first-order valence-corrected chi connectivity index (χ1v) is 7.59. The maximum absolute atomic E-state index is 5.93. The van der Waals surface area contributed by atoms with Crippen LogP contribution in [0.25, 0.3) is 0 Å². The van der Waals surface area contributed by atoms with Gasteiger partial charge >= 0.3 is 0 Å². The van der Waals surface area contributed by atoms with Crippen molar-refractivity contribution in [1.82, 2.24) is 4.90 Å². The van der Waals surface area contributed by atoms with Crippen molar-refractivity contribution in [3.63, 3.8) is 0 Å². The molecule has 1 atom stereocenters. The molecule has 0 spiro atoms. The quantitative estimate of drug-likeness (QED) is 0.717. The number of nitrogens with one attached hydrogen (secondary N) is 1. The first kappa shape index (κ1) is 15.0. The number of nitrogen functional groups attached to an aromatic ring is 1. The number of ether oxygens (including phenoxy) is 1. The Labute approximate surface area is 122 Å². The molecule has 4 heteroatoms. The number of nitrogens with two attached hydrogens (primary N) is 1. The van der Waals surface area contributed by atoms with E-state index < -0.39 is 0 Å². The zero-order valence-corrected chi connectivity index (χ0v) is 12.9. The van der Waals surface area contributed by atoms with Gasteiger partial charge < -0.3 is 15.8 Å². The Morgan fingerprint density at radius 2 is 2.15 bits per heavy atom. The average molecular weight is 277 g/mol.